The van der Waals surface area contributed by atoms with Crippen LogP contribution in [0.3, 0.4) is 0 Å². The molecule has 9 nitrogen and oxygen atoms in total. The van der Waals surface area contributed by atoms with Gasteiger partial charge in [0, 0.05) is 18.4 Å². The Bertz CT molecular complexity index is 1060. The third kappa shape index (κ3) is 4.29. The summed E-state index contributed by atoms with van der Waals surface area (Å²) in [6.07, 6.45) is 2.69. The topological polar surface area (TPSA) is 125 Å². The highest BCUT2D eigenvalue weighted by Gasteiger charge is 2.35. The van der Waals surface area contributed by atoms with Crippen molar-refractivity contribution < 1.29 is 24.4 Å². The minimum absolute atomic E-state index is 0.236. The zero-order chi connectivity index (χ0) is 22.0. The van der Waals surface area contributed by atoms with Crippen LogP contribution < -0.4 is 15.2 Å². The Kier molecular flexibility index (Phi) is 6.51. The molecule has 3 atom stereocenters. The van der Waals surface area contributed by atoms with Crippen LogP contribution in [-0.4, -0.2) is 63.5 Å². The van der Waals surface area contributed by atoms with Crippen molar-refractivity contribution in [1.29, 1.82) is 0 Å². The van der Waals surface area contributed by atoms with Crippen LogP contribution in [0.1, 0.15) is 18.2 Å². The molecule has 1 aliphatic heterocycles. The summed E-state index contributed by atoms with van der Waals surface area (Å²) in [5.41, 5.74) is 7.83. The van der Waals surface area contributed by atoms with Gasteiger partial charge in [-0.1, -0.05) is 0 Å². The molecule has 0 amide bonds. The van der Waals surface area contributed by atoms with Crippen LogP contribution in [0.2, 0.25) is 0 Å². The number of hydrogen-bond donors (Lipinski definition) is 3. The smallest absolute Gasteiger partial charge is 0.147 e. The minimum Gasteiger partial charge on any atom is -0.497 e. The average Bonchev–Trinajstić information content (AvgIpc) is 3.34. The Balaban J connectivity index is 1.58. The molecular weight excluding hydrogens is 420 g/mol. The van der Waals surface area contributed by atoms with Gasteiger partial charge in [0.05, 0.1) is 37.2 Å². The fraction of sp³-hybridized carbons (Fsp3) is 0.429. The Morgan fingerprint density at radius 1 is 1.29 bits per heavy atom. The zero-order valence-electron chi connectivity index (χ0n) is 17.4. The van der Waals surface area contributed by atoms with Crippen molar-refractivity contribution >= 4 is 28.6 Å². The number of ether oxygens (including phenoxy) is 3. The summed E-state index contributed by atoms with van der Waals surface area (Å²) in [5, 5.41) is 20.3. The molecule has 0 saturated carbocycles. The van der Waals surface area contributed by atoms with Gasteiger partial charge in [0.25, 0.3) is 0 Å². The van der Waals surface area contributed by atoms with E-state index in [0.717, 1.165) is 33.1 Å². The molecule has 0 radical (unpaired) electrons. The number of thioether (sulfide) groups is 1. The number of aromatic nitrogens is 3. The quantitative estimate of drug-likeness (QED) is 0.446. The van der Waals surface area contributed by atoms with Gasteiger partial charge in [0.15, 0.2) is 0 Å². The van der Waals surface area contributed by atoms with E-state index >= 15 is 0 Å². The first-order chi connectivity index (χ1) is 15.0. The van der Waals surface area contributed by atoms with Crippen molar-refractivity contribution in [1.82, 2.24) is 14.5 Å². The molecule has 3 aromatic rings. The normalized spacial score (nSPS) is 21.0. The van der Waals surface area contributed by atoms with Crippen LogP contribution >= 0.6 is 11.8 Å². The van der Waals surface area contributed by atoms with Gasteiger partial charge < -0.3 is 34.7 Å². The molecule has 1 aliphatic rings. The summed E-state index contributed by atoms with van der Waals surface area (Å²) >= 11 is 1.66. The van der Waals surface area contributed by atoms with Crippen LogP contribution in [0.5, 0.6) is 11.5 Å². The van der Waals surface area contributed by atoms with Crippen molar-refractivity contribution in [3.05, 3.63) is 36.3 Å². The first kappa shape index (κ1) is 21.7. The van der Waals surface area contributed by atoms with E-state index in [4.69, 9.17) is 19.9 Å². The maximum absolute atomic E-state index is 10.1. The standard InChI is InChI=1S/C21H26N4O5S/c1-28-13-3-4-15(29-2)17(7-13)31-6-5-12-9-25(18-8-14(27)16(10-26)30-18)21-19(12)20(22)23-11-24-21/h3-4,7,9,11,14,16,18,26-27H,5-6,8,10H2,1-2H3,(H2,22,23,24)/t14-,16+,18+/m0/s1. The lowest BCUT2D eigenvalue weighted by Crippen LogP contribution is -2.24. The second kappa shape index (κ2) is 9.31. The summed E-state index contributed by atoms with van der Waals surface area (Å²) in [4.78, 5) is 9.54. The molecule has 1 aromatic carbocycles. The molecule has 166 valence electrons. The fourth-order valence-electron chi connectivity index (χ4n) is 3.81. The largest absolute Gasteiger partial charge is 0.497 e. The minimum atomic E-state index is -0.730. The van der Waals surface area contributed by atoms with Crippen LogP contribution in [-0.2, 0) is 11.2 Å². The molecule has 3 heterocycles. The molecule has 0 spiro atoms. The lowest BCUT2D eigenvalue weighted by molar-refractivity contribution is -0.0430. The number of aryl methyl sites for hydroxylation is 1. The zero-order valence-corrected chi connectivity index (χ0v) is 18.2. The van der Waals surface area contributed by atoms with Crippen molar-refractivity contribution in [3.8, 4) is 11.5 Å². The van der Waals surface area contributed by atoms with E-state index in [0.29, 0.717) is 24.3 Å². The van der Waals surface area contributed by atoms with E-state index in [1.165, 1.54) is 6.33 Å². The van der Waals surface area contributed by atoms with E-state index in [1.807, 2.05) is 29.0 Å². The molecule has 1 saturated heterocycles. The van der Waals surface area contributed by atoms with Crippen LogP contribution in [0.25, 0.3) is 11.0 Å². The number of fused-ring (bicyclic) bond motifs is 1. The van der Waals surface area contributed by atoms with E-state index in [2.05, 4.69) is 9.97 Å². The van der Waals surface area contributed by atoms with Gasteiger partial charge in [-0.05, 0) is 30.2 Å². The molecule has 31 heavy (non-hydrogen) atoms. The number of anilines is 1. The summed E-state index contributed by atoms with van der Waals surface area (Å²) in [6.45, 7) is -0.236. The lowest BCUT2D eigenvalue weighted by atomic mass is 10.2. The van der Waals surface area contributed by atoms with E-state index in [1.54, 1.807) is 26.0 Å². The number of rotatable bonds is 8. The van der Waals surface area contributed by atoms with Gasteiger partial charge in [-0.3, -0.25) is 0 Å². The molecule has 4 N–H and O–H groups in total. The van der Waals surface area contributed by atoms with Crippen molar-refractivity contribution in [2.24, 2.45) is 0 Å². The molecule has 0 bridgehead atoms. The van der Waals surface area contributed by atoms with Gasteiger partial charge in [-0.15, -0.1) is 11.8 Å². The van der Waals surface area contributed by atoms with Gasteiger partial charge in [-0.2, -0.15) is 0 Å². The Labute approximate surface area is 184 Å². The predicted octanol–water partition coefficient (Wildman–Crippen LogP) is 2.01. The van der Waals surface area contributed by atoms with Crippen LogP contribution in [0.15, 0.2) is 35.6 Å². The summed E-state index contributed by atoms with van der Waals surface area (Å²) < 4.78 is 18.5. The highest BCUT2D eigenvalue weighted by molar-refractivity contribution is 7.99. The third-order valence-electron chi connectivity index (χ3n) is 5.41. The van der Waals surface area contributed by atoms with Crippen LogP contribution in [0, 0.1) is 0 Å². The number of aliphatic hydroxyl groups excluding tert-OH is 2. The second-order valence-corrected chi connectivity index (χ2v) is 8.39. The lowest BCUT2D eigenvalue weighted by Gasteiger charge is -2.14. The number of aliphatic hydroxyl groups is 2. The summed E-state index contributed by atoms with van der Waals surface area (Å²) in [6, 6.07) is 5.70. The molecule has 4 rings (SSSR count). The van der Waals surface area contributed by atoms with Crippen molar-refractivity contribution in [3.63, 3.8) is 0 Å². The average molecular weight is 447 g/mol. The first-order valence-corrected chi connectivity index (χ1v) is 10.9. The highest BCUT2D eigenvalue weighted by Crippen LogP contribution is 2.36. The molecule has 10 heteroatoms. The van der Waals surface area contributed by atoms with E-state index < -0.39 is 18.4 Å². The molecule has 0 unspecified atom stereocenters. The molecule has 1 fully saturated rings. The Morgan fingerprint density at radius 3 is 2.84 bits per heavy atom. The summed E-state index contributed by atoms with van der Waals surface area (Å²) in [7, 11) is 3.28. The predicted molar refractivity (Wildman–Crippen MR) is 118 cm³/mol. The molecule has 2 aromatic heterocycles. The molecular formula is C21H26N4O5S. The van der Waals surface area contributed by atoms with E-state index in [-0.39, 0.29) is 6.61 Å². The number of methoxy groups -OCH3 is 2. The van der Waals surface area contributed by atoms with Gasteiger partial charge in [0.2, 0.25) is 0 Å². The Hall–Kier alpha value is -2.53. The summed E-state index contributed by atoms with van der Waals surface area (Å²) in [5.74, 6) is 2.73. The molecule has 0 aliphatic carbocycles. The number of nitrogen functional groups attached to an aromatic ring is 1. The van der Waals surface area contributed by atoms with E-state index in [9.17, 15) is 10.2 Å². The highest BCUT2D eigenvalue weighted by atomic mass is 32.2. The van der Waals surface area contributed by atoms with Crippen LogP contribution in [0.4, 0.5) is 5.82 Å². The number of benzene rings is 1. The van der Waals surface area contributed by atoms with Crippen molar-refractivity contribution in [2.45, 2.75) is 36.2 Å². The van der Waals surface area contributed by atoms with Gasteiger partial charge in [-0.25, -0.2) is 9.97 Å². The Morgan fingerprint density at radius 2 is 2.13 bits per heavy atom. The maximum atomic E-state index is 10.1. The fourth-order valence-corrected chi connectivity index (χ4v) is 4.85. The van der Waals surface area contributed by atoms with Crippen molar-refractivity contribution in [2.75, 3.05) is 32.3 Å². The number of hydrogen-bond acceptors (Lipinski definition) is 9. The number of nitrogens with zero attached hydrogens (tertiary/aromatic N) is 3. The maximum Gasteiger partial charge on any atom is 0.147 e. The SMILES string of the molecule is COc1ccc(OC)c(SCCc2cn([C@H]3C[C@H](O)[C@@H](CO)O3)c3ncnc(N)c23)c1. The van der Waals surface area contributed by atoms with Gasteiger partial charge in [0.1, 0.15) is 41.6 Å². The van der Waals surface area contributed by atoms with Gasteiger partial charge >= 0.3 is 0 Å². The number of nitrogens with two attached hydrogens (primary N) is 1. The first-order valence-electron chi connectivity index (χ1n) is 9.94. The monoisotopic (exact) mass is 446 g/mol. The third-order valence-corrected chi connectivity index (χ3v) is 6.45. The second-order valence-electron chi connectivity index (χ2n) is 7.25.